The molecule has 4 rings (SSSR count). The monoisotopic (exact) mass is 527 g/mol. The molecule has 3 aromatic rings. The first-order valence-corrected chi connectivity index (χ1v) is 12.1. The number of urea groups is 1. The Labute approximate surface area is 221 Å². The van der Waals surface area contributed by atoms with Crippen molar-refractivity contribution in [3.8, 4) is 40.1 Å². The van der Waals surface area contributed by atoms with Gasteiger partial charge in [0.25, 0.3) is 0 Å². The molecule has 11 nitrogen and oxygen atoms in total. The zero-order valence-corrected chi connectivity index (χ0v) is 22.2. The number of hydrogen-bond acceptors (Lipinski definition) is 9. The minimum atomic E-state index is -0.312. The van der Waals surface area contributed by atoms with Crippen LogP contribution < -0.4 is 29.0 Å². The molecule has 204 valence electrons. The molecule has 2 amide bonds. The van der Waals surface area contributed by atoms with E-state index in [4.69, 9.17) is 32.9 Å². The Morgan fingerprint density at radius 3 is 2.18 bits per heavy atom. The lowest BCUT2D eigenvalue weighted by Crippen LogP contribution is -2.39. The predicted molar refractivity (Wildman–Crippen MR) is 140 cm³/mol. The summed E-state index contributed by atoms with van der Waals surface area (Å²) in [5, 5.41) is 7.15. The molecule has 1 aromatic heterocycles. The normalized spacial score (nSPS) is 14.6. The SMILES string of the molecule is COc1cc(NC(=O)N(Cc2cc(-c3cc(OC)c(OC)c(OC)c3)on2)C[C@H]2CCCO2)cc(OC)c1. The molecular weight excluding hydrogens is 494 g/mol. The second kappa shape index (κ2) is 12.4. The van der Waals surface area contributed by atoms with Crippen LogP contribution in [0.2, 0.25) is 0 Å². The fourth-order valence-electron chi connectivity index (χ4n) is 4.28. The van der Waals surface area contributed by atoms with Gasteiger partial charge in [-0.15, -0.1) is 0 Å². The molecule has 0 unspecified atom stereocenters. The Kier molecular flexibility index (Phi) is 8.80. The van der Waals surface area contributed by atoms with Crippen molar-refractivity contribution in [1.29, 1.82) is 0 Å². The van der Waals surface area contributed by atoms with E-state index in [1.54, 1.807) is 76.8 Å². The average Bonchev–Trinajstić information content (AvgIpc) is 3.64. The van der Waals surface area contributed by atoms with Gasteiger partial charge in [0, 0.05) is 48.7 Å². The van der Waals surface area contributed by atoms with Gasteiger partial charge in [-0.25, -0.2) is 4.79 Å². The molecule has 1 atom stereocenters. The fourth-order valence-corrected chi connectivity index (χ4v) is 4.28. The number of ether oxygens (including phenoxy) is 6. The lowest BCUT2D eigenvalue weighted by molar-refractivity contribution is 0.0814. The number of hydrogen-bond donors (Lipinski definition) is 1. The molecule has 0 spiro atoms. The number of carbonyl (C=O) groups is 1. The van der Waals surface area contributed by atoms with Gasteiger partial charge >= 0.3 is 6.03 Å². The lowest BCUT2D eigenvalue weighted by atomic mass is 10.1. The number of rotatable bonds is 11. The number of anilines is 1. The van der Waals surface area contributed by atoms with Gasteiger partial charge in [0.15, 0.2) is 17.3 Å². The number of nitrogens with one attached hydrogen (secondary N) is 1. The summed E-state index contributed by atoms with van der Waals surface area (Å²) < 4.78 is 38.4. The highest BCUT2D eigenvalue weighted by molar-refractivity contribution is 5.90. The Hall–Kier alpha value is -4.12. The highest BCUT2D eigenvalue weighted by Crippen LogP contribution is 2.41. The highest BCUT2D eigenvalue weighted by atomic mass is 16.5. The maximum atomic E-state index is 13.4. The van der Waals surface area contributed by atoms with Crippen LogP contribution in [0, 0.1) is 0 Å². The third-order valence-electron chi connectivity index (χ3n) is 6.20. The van der Waals surface area contributed by atoms with Crippen molar-refractivity contribution >= 4 is 11.7 Å². The summed E-state index contributed by atoms with van der Waals surface area (Å²) in [6.45, 7) is 1.29. The van der Waals surface area contributed by atoms with Gasteiger partial charge < -0.3 is 43.2 Å². The van der Waals surface area contributed by atoms with Crippen molar-refractivity contribution in [3.05, 3.63) is 42.1 Å². The molecule has 1 aliphatic heterocycles. The number of methoxy groups -OCH3 is 5. The fraction of sp³-hybridized carbons (Fsp3) is 0.407. The first-order chi connectivity index (χ1) is 18.5. The summed E-state index contributed by atoms with van der Waals surface area (Å²) >= 11 is 0. The predicted octanol–water partition coefficient (Wildman–Crippen LogP) is 4.60. The molecule has 0 bridgehead atoms. The van der Waals surface area contributed by atoms with Crippen molar-refractivity contribution in [1.82, 2.24) is 10.1 Å². The number of carbonyl (C=O) groups excluding carboxylic acids is 1. The van der Waals surface area contributed by atoms with E-state index in [0.29, 0.717) is 64.6 Å². The van der Waals surface area contributed by atoms with E-state index >= 15 is 0 Å². The summed E-state index contributed by atoms with van der Waals surface area (Å²) in [5.41, 5.74) is 1.81. The Balaban J connectivity index is 1.56. The maximum absolute atomic E-state index is 13.4. The van der Waals surface area contributed by atoms with Crippen LogP contribution >= 0.6 is 0 Å². The van der Waals surface area contributed by atoms with E-state index in [2.05, 4.69) is 10.5 Å². The zero-order chi connectivity index (χ0) is 27.1. The molecular formula is C27H33N3O8. The van der Waals surface area contributed by atoms with Crippen LogP contribution in [0.1, 0.15) is 18.5 Å². The van der Waals surface area contributed by atoms with Crippen LogP contribution in [-0.2, 0) is 11.3 Å². The summed E-state index contributed by atoms with van der Waals surface area (Å²) in [6.07, 6.45) is 1.79. The summed E-state index contributed by atoms with van der Waals surface area (Å²) in [6, 6.07) is 10.2. The second-order valence-electron chi connectivity index (χ2n) is 8.64. The van der Waals surface area contributed by atoms with E-state index in [0.717, 1.165) is 12.8 Å². The molecule has 0 aliphatic carbocycles. The molecule has 1 saturated heterocycles. The van der Waals surface area contributed by atoms with Crippen LogP contribution in [0.15, 0.2) is 40.9 Å². The number of benzene rings is 2. The van der Waals surface area contributed by atoms with Crippen molar-refractivity contribution in [2.45, 2.75) is 25.5 Å². The minimum absolute atomic E-state index is 0.0536. The average molecular weight is 528 g/mol. The molecule has 1 aliphatic rings. The highest BCUT2D eigenvalue weighted by Gasteiger charge is 2.25. The third kappa shape index (κ3) is 6.23. The molecule has 1 fully saturated rings. The van der Waals surface area contributed by atoms with Crippen LogP contribution in [0.5, 0.6) is 28.7 Å². The Bertz CT molecular complexity index is 1190. The minimum Gasteiger partial charge on any atom is -0.497 e. The topological polar surface area (TPSA) is 114 Å². The van der Waals surface area contributed by atoms with E-state index < -0.39 is 0 Å². The van der Waals surface area contributed by atoms with Crippen LogP contribution in [0.4, 0.5) is 10.5 Å². The summed E-state index contributed by atoms with van der Waals surface area (Å²) in [7, 11) is 7.75. The third-order valence-corrected chi connectivity index (χ3v) is 6.20. The van der Waals surface area contributed by atoms with E-state index in [1.807, 2.05) is 0 Å². The first-order valence-electron chi connectivity index (χ1n) is 12.1. The van der Waals surface area contributed by atoms with Crippen molar-refractivity contribution in [3.63, 3.8) is 0 Å². The molecule has 2 heterocycles. The summed E-state index contributed by atoms with van der Waals surface area (Å²) in [5.74, 6) is 3.09. The largest absolute Gasteiger partial charge is 0.497 e. The van der Waals surface area contributed by atoms with Crippen LogP contribution in [0.25, 0.3) is 11.3 Å². The Morgan fingerprint density at radius 1 is 0.947 bits per heavy atom. The number of amides is 2. The van der Waals surface area contributed by atoms with E-state index in [-0.39, 0.29) is 18.7 Å². The van der Waals surface area contributed by atoms with Gasteiger partial charge in [0.05, 0.1) is 48.2 Å². The molecule has 0 saturated carbocycles. The smallest absolute Gasteiger partial charge is 0.322 e. The zero-order valence-electron chi connectivity index (χ0n) is 22.2. The molecule has 0 radical (unpaired) electrons. The van der Waals surface area contributed by atoms with Crippen molar-refractivity contribution in [2.75, 3.05) is 54.0 Å². The number of aromatic nitrogens is 1. The van der Waals surface area contributed by atoms with E-state index in [9.17, 15) is 4.79 Å². The molecule has 38 heavy (non-hydrogen) atoms. The lowest BCUT2D eigenvalue weighted by Gasteiger charge is -2.25. The van der Waals surface area contributed by atoms with Gasteiger partial charge in [-0.3, -0.25) is 0 Å². The number of nitrogens with zero attached hydrogens (tertiary/aromatic N) is 2. The molecule has 2 aromatic carbocycles. The van der Waals surface area contributed by atoms with Gasteiger partial charge in [0.1, 0.15) is 17.2 Å². The van der Waals surface area contributed by atoms with Gasteiger partial charge in [-0.05, 0) is 25.0 Å². The quantitative estimate of drug-likeness (QED) is 0.382. The first kappa shape index (κ1) is 26.9. The molecule has 1 N–H and O–H groups in total. The van der Waals surface area contributed by atoms with Gasteiger partial charge in [-0.2, -0.15) is 0 Å². The standard InChI is InChI=1S/C27H33N3O8/c1-32-21-11-18(12-22(14-21)33-2)28-27(31)30(16-20-7-6-8-37-20)15-19-13-23(38-29-19)17-9-24(34-3)26(36-5)25(10-17)35-4/h9-14,20H,6-8,15-16H2,1-5H3,(H,28,31)/t20-/m1/s1. The van der Waals surface area contributed by atoms with Crippen molar-refractivity contribution < 1.29 is 37.7 Å². The molecule has 11 heteroatoms. The van der Waals surface area contributed by atoms with Crippen molar-refractivity contribution in [2.24, 2.45) is 0 Å². The second-order valence-corrected chi connectivity index (χ2v) is 8.64. The summed E-state index contributed by atoms with van der Waals surface area (Å²) in [4.78, 5) is 15.0. The maximum Gasteiger partial charge on any atom is 0.322 e. The van der Waals surface area contributed by atoms with Crippen LogP contribution in [0.3, 0.4) is 0 Å². The van der Waals surface area contributed by atoms with Gasteiger partial charge in [-0.1, -0.05) is 5.16 Å². The van der Waals surface area contributed by atoms with Crippen LogP contribution in [-0.4, -0.2) is 70.9 Å². The Morgan fingerprint density at radius 2 is 1.63 bits per heavy atom. The van der Waals surface area contributed by atoms with E-state index in [1.165, 1.54) is 0 Å². The van der Waals surface area contributed by atoms with Gasteiger partial charge in [0.2, 0.25) is 5.75 Å².